The summed E-state index contributed by atoms with van der Waals surface area (Å²) in [6, 6.07) is 10.2. The Morgan fingerprint density at radius 3 is 2.54 bits per heavy atom. The van der Waals surface area contributed by atoms with Crippen LogP contribution in [0.15, 0.2) is 41.3 Å². The summed E-state index contributed by atoms with van der Waals surface area (Å²) in [6.07, 6.45) is 0.369. The number of carboxylic acids is 1. The molecule has 1 aromatic heterocycles. The van der Waals surface area contributed by atoms with Gasteiger partial charge in [0, 0.05) is 6.42 Å². The summed E-state index contributed by atoms with van der Waals surface area (Å²) in [5, 5.41) is 9.03. The van der Waals surface area contributed by atoms with Gasteiger partial charge in [0.05, 0.1) is 15.1 Å². The van der Waals surface area contributed by atoms with Crippen molar-refractivity contribution >= 4 is 42.7 Å². The van der Waals surface area contributed by atoms with Gasteiger partial charge in [-0.05, 0) is 55.2 Å². The molecule has 0 atom stereocenters. The van der Waals surface area contributed by atoms with Gasteiger partial charge < -0.3 is 5.11 Å². The molecule has 8 heteroatoms. The van der Waals surface area contributed by atoms with E-state index in [1.54, 1.807) is 12.1 Å². The summed E-state index contributed by atoms with van der Waals surface area (Å²) in [6.45, 7) is 3.94. The zero-order chi connectivity index (χ0) is 18.9. The average Bonchev–Trinajstić information content (AvgIpc) is 2.95. The average molecular weight is 390 g/mol. The van der Waals surface area contributed by atoms with Crippen LogP contribution in [0.2, 0.25) is 0 Å². The fourth-order valence-corrected chi connectivity index (χ4v) is 4.95. The summed E-state index contributed by atoms with van der Waals surface area (Å²) >= 11 is 1.29. The Morgan fingerprint density at radius 1 is 1.19 bits per heavy atom. The number of nitrogens with zero attached hydrogens (tertiary/aromatic N) is 1. The molecular formula is C18H18N2O4S2. The normalized spacial score (nSPS) is 11.6. The third-order valence-electron chi connectivity index (χ3n) is 3.91. The van der Waals surface area contributed by atoms with E-state index in [0.29, 0.717) is 11.6 Å². The topological polar surface area (TPSA) is 96.4 Å². The SMILES string of the molecule is Cc1cc(C)c2nc(NS(=O)(=O)c3ccc(CCC(=O)O)cc3)sc2c1. The number of rotatable bonds is 6. The molecule has 0 saturated heterocycles. The number of benzene rings is 2. The summed E-state index contributed by atoms with van der Waals surface area (Å²) < 4.78 is 28.6. The predicted molar refractivity (Wildman–Crippen MR) is 102 cm³/mol. The summed E-state index contributed by atoms with van der Waals surface area (Å²) in [4.78, 5) is 15.1. The fourth-order valence-electron chi connectivity index (χ4n) is 2.67. The number of nitrogens with one attached hydrogen (secondary N) is 1. The zero-order valence-corrected chi connectivity index (χ0v) is 15.9. The number of aliphatic carboxylic acids is 1. The molecule has 1 heterocycles. The van der Waals surface area contributed by atoms with E-state index in [2.05, 4.69) is 9.71 Å². The number of anilines is 1. The maximum absolute atomic E-state index is 12.6. The van der Waals surface area contributed by atoms with Gasteiger partial charge in [-0.2, -0.15) is 0 Å². The predicted octanol–water partition coefficient (Wildman–Crippen LogP) is 3.73. The van der Waals surface area contributed by atoms with Crippen LogP contribution in [0.4, 0.5) is 5.13 Å². The van der Waals surface area contributed by atoms with Gasteiger partial charge in [-0.15, -0.1) is 0 Å². The van der Waals surface area contributed by atoms with E-state index < -0.39 is 16.0 Å². The van der Waals surface area contributed by atoms with Crippen LogP contribution < -0.4 is 4.72 Å². The Kier molecular flexibility index (Phi) is 4.97. The number of sulfonamides is 1. The summed E-state index contributed by atoms with van der Waals surface area (Å²) in [5.74, 6) is -0.885. The molecule has 0 aliphatic heterocycles. The van der Waals surface area contributed by atoms with E-state index >= 15 is 0 Å². The molecule has 0 aliphatic rings. The third kappa shape index (κ3) is 4.03. The highest BCUT2D eigenvalue weighted by Gasteiger charge is 2.17. The standard InChI is InChI=1S/C18H18N2O4S2/c1-11-9-12(2)17-15(10-11)25-18(19-17)20-26(23,24)14-6-3-13(4-7-14)5-8-16(21)22/h3-4,6-7,9-10H,5,8H2,1-2H3,(H,19,20)(H,21,22). The maximum atomic E-state index is 12.6. The van der Waals surface area contributed by atoms with E-state index in [-0.39, 0.29) is 11.3 Å². The minimum Gasteiger partial charge on any atom is -0.481 e. The lowest BCUT2D eigenvalue weighted by molar-refractivity contribution is -0.136. The van der Waals surface area contributed by atoms with Gasteiger partial charge in [0.2, 0.25) is 0 Å². The van der Waals surface area contributed by atoms with Crippen LogP contribution in [-0.2, 0) is 21.2 Å². The Hall–Kier alpha value is -2.45. The van der Waals surface area contributed by atoms with Crippen LogP contribution in [0.25, 0.3) is 10.2 Å². The highest BCUT2D eigenvalue weighted by Crippen LogP contribution is 2.30. The van der Waals surface area contributed by atoms with Gasteiger partial charge in [0.25, 0.3) is 10.0 Å². The molecule has 2 aromatic carbocycles. The second-order valence-corrected chi connectivity index (χ2v) is 8.80. The largest absolute Gasteiger partial charge is 0.481 e. The van der Waals surface area contributed by atoms with Crippen molar-refractivity contribution in [3.05, 3.63) is 53.1 Å². The lowest BCUT2D eigenvalue weighted by Crippen LogP contribution is -2.12. The highest BCUT2D eigenvalue weighted by atomic mass is 32.2. The number of carbonyl (C=O) groups is 1. The molecule has 136 valence electrons. The van der Waals surface area contributed by atoms with Crippen molar-refractivity contribution < 1.29 is 18.3 Å². The zero-order valence-electron chi connectivity index (χ0n) is 14.3. The van der Waals surface area contributed by atoms with Crippen molar-refractivity contribution in [1.82, 2.24) is 4.98 Å². The lowest BCUT2D eigenvalue weighted by atomic mass is 10.1. The number of hydrogen-bond donors (Lipinski definition) is 2. The van der Waals surface area contributed by atoms with Crippen LogP contribution >= 0.6 is 11.3 Å². The Labute approximate surface area is 155 Å². The molecule has 0 fully saturated rings. The van der Waals surface area contributed by atoms with Gasteiger partial charge in [-0.1, -0.05) is 29.5 Å². The minimum absolute atomic E-state index is 0.00875. The first-order valence-electron chi connectivity index (χ1n) is 7.96. The van der Waals surface area contributed by atoms with Crippen molar-refractivity contribution in [2.45, 2.75) is 31.6 Å². The number of thiazole rings is 1. The van der Waals surface area contributed by atoms with E-state index in [1.807, 2.05) is 26.0 Å². The molecule has 3 rings (SSSR count). The third-order valence-corrected chi connectivity index (χ3v) is 6.31. The Bertz CT molecular complexity index is 1070. The molecule has 0 aliphatic carbocycles. The van der Waals surface area contributed by atoms with Crippen LogP contribution in [0, 0.1) is 13.8 Å². The number of fused-ring (bicyclic) bond motifs is 1. The van der Waals surface area contributed by atoms with E-state index in [9.17, 15) is 13.2 Å². The lowest BCUT2D eigenvalue weighted by Gasteiger charge is -2.06. The Morgan fingerprint density at radius 2 is 1.88 bits per heavy atom. The summed E-state index contributed by atoms with van der Waals surface area (Å²) in [7, 11) is -3.75. The first-order chi connectivity index (χ1) is 12.2. The second-order valence-electron chi connectivity index (χ2n) is 6.09. The second kappa shape index (κ2) is 7.05. The molecule has 3 aromatic rings. The number of aryl methyl sites for hydroxylation is 3. The molecule has 0 amide bonds. The van der Waals surface area contributed by atoms with Gasteiger partial charge >= 0.3 is 5.97 Å². The maximum Gasteiger partial charge on any atom is 0.303 e. The van der Waals surface area contributed by atoms with Crippen molar-refractivity contribution in [1.29, 1.82) is 0 Å². The van der Waals surface area contributed by atoms with E-state index in [4.69, 9.17) is 5.11 Å². The minimum atomic E-state index is -3.75. The van der Waals surface area contributed by atoms with Gasteiger partial charge in [-0.25, -0.2) is 13.4 Å². The Balaban J connectivity index is 1.82. The fraction of sp³-hybridized carbons (Fsp3) is 0.222. The molecule has 0 radical (unpaired) electrons. The smallest absolute Gasteiger partial charge is 0.303 e. The van der Waals surface area contributed by atoms with Crippen LogP contribution in [-0.4, -0.2) is 24.5 Å². The van der Waals surface area contributed by atoms with Gasteiger partial charge in [0.15, 0.2) is 5.13 Å². The molecule has 6 nitrogen and oxygen atoms in total. The number of hydrogen-bond acceptors (Lipinski definition) is 5. The quantitative estimate of drug-likeness (QED) is 0.668. The van der Waals surface area contributed by atoms with Crippen molar-refractivity contribution in [2.75, 3.05) is 4.72 Å². The monoisotopic (exact) mass is 390 g/mol. The molecule has 0 bridgehead atoms. The van der Waals surface area contributed by atoms with Crippen molar-refractivity contribution in [3.8, 4) is 0 Å². The van der Waals surface area contributed by atoms with Crippen LogP contribution in [0.1, 0.15) is 23.1 Å². The molecule has 26 heavy (non-hydrogen) atoms. The van der Waals surface area contributed by atoms with Crippen molar-refractivity contribution in [3.63, 3.8) is 0 Å². The molecular weight excluding hydrogens is 372 g/mol. The van der Waals surface area contributed by atoms with Crippen molar-refractivity contribution in [2.24, 2.45) is 0 Å². The molecule has 0 saturated carbocycles. The van der Waals surface area contributed by atoms with Gasteiger partial charge in [0.1, 0.15) is 0 Å². The molecule has 0 spiro atoms. The van der Waals surface area contributed by atoms with E-state index in [1.165, 1.54) is 23.5 Å². The highest BCUT2D eigenvalue weighted by molar-refractivity contribution is 7.93. The first kappa shape index (κ1) is 18.3. The van der Waals surface area contributed by atoms with E-state index in [0.717, 1.165) is 26.9 Å². The molecule has 2 N–H and O–H groups in total. The number of carboxylic acid groups (broad SMARTS) is 1. The van der Waals surface area contributed by atoms with Gasteiger partial charge in [-0.3, -0.25) is 9.52 Å². The molecule has 0 unspecified atom stereocenters. The van der Waals surface area contributed by atoms with Crippen LogP contribution in [0.3, 0.4) is 0 Å². The first-order valence-corrected chi connectivity index (χ1v) is 10.3. The number of aromatic nitrogens is 1. The summed E-state index contributed by atoms with van der Waals surface area (Å²) in [5.41, 5.74) is 3.68. The van der Waals surface area contributed by atoms with Crippen LogP contribution in [0.5, 0.6) is 0 Å².